The molecule has 0 aliphatic carbocycles. The number of aromatic amines is 1. The molecule has 0 saturated carbocycles. The zero-order chi connectivity index (χ0) is 22.3. The second kappa shape index (κ2) is 7.75. The highest BCUT2D eigenvalue weighted by atomic mass is 35.5. The molecule has 1 aromatic carbocycles. The maximum absolute atomic E-state index is 13.8. The fourth-order valence-electron chi connectivity index (χ4n) is 3.54. The molecule has 0 spiro atoms. The van der Waals surface area contributed by atoms with Gasteiger partial charge in [0, 0.05) is 35.6 Å². The third-order valence-corrected chi connectivity index (χ3v) is 7.36. The Labute approximate surface area is 179 Å². The van der Waals surface area contributed by atoms with Crippen LogP contribution >= 0.6 is 11.6 Å². The lowest BCUT2D eigenvalue weighted by Gasteiger charge is -2.45. The molecule has 2 heterocycles. The molecule has 1 atom stereocenters. The van der Waals surface area contributed by atoms with Crippen molar-refractivity contribution in [2.75, 3.05) is 19.6 Å². The number of nitrogens with one attached hydrogen (secondary N) is 2. The first-order valence-corrected chi connectivity index (χ1v) is 11.2. The van der Waals surface area contributed by atoms with Crippen LogP contribution in [0.4, 0.5) is 4.79 Å². The number of carbonyl (C=O) groups excluding carboxylic acids is 2. The highest BCUT2D eigenvalue weighted by molar-refractivity contribution is 7.92. The first-order valence-electron chi connectivity index (χ1n) is 9.38. The van der Waals surface area contributed by atoms with Gasteiger partial charge in [-0.3, -0.25) is 9.69 Å². The molecular formula is C19H25ClN4O5S. The van der Waals surface area contributed by atoms with E-state index in [-0.39, 0.29) is 18.1 Å². The van der Waals surface area contributed by atoms with Crippen molar-refractivity contribution in [3.8, 4) is 0 Å². The zero-order valence-corrected chi connectivity index (χ0v) is 18.6. The van der Waals surface area contributed by atoms with Crippen LogP contribution in [0.25, 0.3) is 10.9 Å². The van der Waals surface area contributed by atoms with Gasteiger partial charge in [-0.15, -0.1) is 0 Å². The molecule has 9 nitrogen and oxygen atoms in total. The van der Waals surface area contributed by atoms with E-state index in [9.17, 15) is 18.0 Å². The van der Waals surface area contributed by atoms with E-state index in [0.29, 0.717) is 22.5 Å². The standard InChI is InChI=1S/C19H25ClN4O5S/c1-18(2,3)29-17(26)24-7-6-22-11-19(24,10-15(21)25)30(27,28)16-9-12-8-13(20)4-5-14(12)23-16/h4-5,8-9,22-23H,6-7,10-11H2,1-3H3,(H2,21,25). The summed E-state index contributed by atoms with van der Waals surface area (Å²) in [5, 5.41) is 3.87. The number of nitrogens with two attached hydrogens (primary N) is 1. The molecule has 1 unspecified atom stereocenters. The highest BCUT2D eigenvalue weighted by Crippen LogP contribution is 2.36. The van der Waals surface area contributed by atoms with Crippen LogP contribution in [-0.2, 0) is 19.4 Å². The topological polar surface area (TPSA) is 135 Å². The van der Waals surface area contributed by atoms with Crippen molar-refractivity contribution < 1.29 is 22.7 Å². The van der Waals surface area contributed by atoms with Crippen molar-refractivity contribution in [3.63, 3.8) is 0 Å². The number of H-pyrrole nitrogens is 1. The number of piperazine rings is 1. The molecule has 1 aliphatic rings. The molecule has 1 fully saturated rings. The molecule has 30 heavy (non-hydrogen) atoms. The Bertz CT molecular complexity index is 1090. The summed E-state index contributed by atoms with van der Waals surface area (Å²) in [5.41, 5.74) is 5.14. The molecule has 2 amide bonds. The zero-order valence-electron chi connectivity index (χ0n) is 17.0. The van der Waals surface area contributed by atoms with E-state index in [1.54, 1.807) is 39.0 Å². The van der Waals surface area contributed by atoms with Gasteiger partial charge >= 0.3 is 6.09 Å². The Morgan fingerprint density at radius 2 is 2.00 bits per heavy atom. The first kappa shape index (κ1) is 22.4. The van der Waals surface area contributed by atoms with Gasteiger partial charge in [0.2, 0.25) is 15.7 Å². The Morgan fingerprint density at radius 3 is 2.63 bits per heavy atom. The summed E-state index contributed by atoms with van der Waals surface area (Å²) in [6.45, 7) is 5.25. The predicted octanol–water partition coefficient (Wildman–Crippen LogP) is 2.01. The number of primary amides is 1. The Kier molecular flexibility index (Phi) is 5.78. The monoisotopic (exact) mass is 456 g/mol. The lowest BCUT2D eigenvalue weighted by Crippen LogP contribution is -2.68. The van der Waals surface area contributed by atoms with E-state index >= 15 is 0 Å². The fourth-order valence-corrected chi connectivity index (χ4v) is 5.74. The van der Waals surface area contributed by atoms with Crippen LogP contribution in [0.3, 0.4) is 0 Å². The third-order valence-electron chi connectivity index (χ3n) is 4.82. The van der Waals surface area contributed by atoms with E-state index in [4.69, 9.17) is 22.1 Å². The number of benzene rings is 1. The lowest BCUT2D eigenvalue weighted by molar-refractivity contribution is -0.119. The molecule has 11 heteroatoms. The molecule has 1 aliphatic heterocycles. The number of carbonyl (C=O) groups is 2. The highest BCUT2D eigenvalue weighted by Gasteiger charge is 2.55. The van der Waals surface area contributed by atoms with E-state index in [1.165, 1.54) is 6.07 Å². The number of ether oxygens (including phenoxy) is 1. The van der Waals surface area contributed by atoms with Gasteiger partial charge in [0.15, 0.2) is 4.87 Å². The van der Waals surface area contributed by atoms with Gasteiger partial charge in [-0.2, -0.15) is 0 Å². The van der Waals surface area contributed by atoms with Gasteiger partial charge in [-0.05, 0) is 45.0 Å². The Hall–Kier alpha value is -2.30. The average Bonchev–Trinajstić information content (AvgIpc) is 3.03. The molecule has 3 rings (SSSR count). The summed E-state index contributed by atoms with van der Waals surface area (Å²) in [4.78, 5) is 26.9. The van der Waals surface area contributed by atoms with Gasteiger partial charge in [0.05, 0.1) is 6.42 Å². The van der Waals surface area contributed by atoms with Crippen molar-refractivity contribution in [2.45, 2.75) is 42.7 Å². The lowest BCUT2D eigenvalue weighted by atomic mass is 10.1. The number of nitrogens with zero attached hydrogens (tertiary/aromatic N) is 1. The molecular weight excluding hydrogens is 432 g/mol. The van der Waals surface area contributed by atoms with E-state index in [1.807, 2.05) is 0 Å². The normalized spacial score (nSPS) is 20.3. The van der Waals surface area contributed by atoms with Crippen molar-refractivity contribution in [2.24, 2.45) is 5.73 Å². The van der Waals surface area contributed by atoms with E-state index in [0.717, 1.165) is 4.90 Å². The Balaban J connectivity index is 2.15. The van der Waals surface area contributed by atoms with Crippen molar-refractivity contribution in [1.82, 2.24) is 15.2 Å². The maximum atomic E-state index is 13.8. The minimum atomic E-state index is -4.28. The quantitative estimate of drug-likeness (QED) is 0.644. The second-order valence-corrected chi connectivity index (χ2v) is 10.9. The molecule has 0 bridgehead atoms. The van der Waals surface area contributed by atoms with Crippen LogP contribution in [0.5, 0.6) is 0 Å². The van der Waals surface area contributed by atoms with Crippen LogP contribution in [-0.4, -0.2) is 60.4 Å². The number of hydrogen-bond acceptors (Lipinski definition) is 6. The number of sulfone groups is 1. The Morgan fingerprint density at radius 1 is 1.30 bits per heavy atom. The van der Waals surface area contributed by atoms with Crippen LogP contribution in [0.15, 0.2) is 29.3 Å². The predicted molar refractivity (Wildman–Crippen MR) is 113 cm³/mol. The van der Waals surface area contributed by atoms with Crippen molar-refractivity contribution in [3.05, 3.63) is 29.3 Å². The molecule has 2 aromatic rings. The van der Waals surface area contributed by atoms with Crippen LogP contribution in [0.2, 0.25) is 5.02 Å². The summed E-state index contributed by atoms with van der Waals surface area (Å²) in [6.07, 6.45) is -1.41. The van der Waals surface area contributed by atoms with Gasteiger partial charge in [-0.1, -0.05) is 11.6 Å². The number of amides is 2. The molecule has 1 saturated heterocycles. The number of hydrogen-bond donors (Lipinski definition) is 3. The average molecular weight is 457 g/mol. The number of fused-ring (bicyclic) bond motifs is 1. The summed E-state index contributed by atoms with van der Waals surface area (Å²) in [6, 6.07) is 6.34. The minimum absolute atomic E-state index is 0.0352. The SMILES string of the molecule is CC(C)(C)OC(=O)N1CCNCC1(CC(N)=O)S(=O)(=O)c1cc2cc(Cl)ccc2[nH]1. The van der Waals surface area contributed by atoms with Crippen LogP contribution < -0.4 is 11.1 Å². The fraction of sp³-hybridized carbons (Fsp3) is 0.474. The largest absolute Gasteiger partial charge is 0.444 e. The molecule has 4 N–H and O–H groups in total. The summed E-state index contributed by atoms with van der Waals surface area (Å²) < 4.78 is 33.1. The third kappa shape index (κ3) is 4.12. The van der Waals surface area contributed by atoms with Crippen molar-refractivity contribution >= 4 is 44.3 Å². The number of rotatable bonds is 4. The summed E-state index contributed by atoms with van der Waals surface area (Å²) in [5.74, 6) is -0.852. The summed E-state index contributed by atoms with van der Waals surface area (Å²) in [7, 11) is -4.28. The maximum Gasteiger partial charge on any atom is 0.411 e. The van der Waals surface area contributed by atoms with E-state index < -0.39 is 38.7 Å². The first-order chi connectivity index (χ1) is 13.9. The van der Waals surface area contributed by atoms with E-state index in [2.05, 4.69) is 10.3 Å². The van der Waals surface area contributed by atoms with Crippen LogP contribution in [0.1, 0.15) is 27.2 Å². The van der Waals surface area contributed by atoms with Crippen LogP contribution in [0, 0.1) is 0 Å². The number of aromatic nitrogens is 1. The van der Waals surface area contributed by atoms with Gasteiger partial charge < -0.3 is 20.8 Å². The smallest absolute Gasteiger partial charge is 0.411 e. The van der Waals surface area contributed by atoms with Gasteiger partial charge in [-0.25, -0.2) is 13.2 Å². The van der Waals surface area contributed by atoms with Gasteiger partial charge in [0.1, 0.15) is 10.6 Å². The molecule has 1 aromatic heterocycles. The van der Waals surface area contributed by atoms with Gasteiger partial charge in [0.25, 0.3) is 0 Å². The van der Waals surface area contributed by atoms with Crippen molar-refractivity contribution in [1.29, 1.82) is 0 Å². The molecule has 0 radical (unpaired) electrons. The minimum Gasteiger partial charge on any atom is -0.444 e. The molecule has 164 valence electrons. The second-order valence-electron chi connectivity index (χ2n) is 8.27. The summed E-state index contributed by atoms with van der Waals surface area (Å²) >= 11 is 6.01. The number of halogens is 1.